The Kier molecular flexibility index (Phi) is 46.7. The Hall–Kier alpha value is -13.0. The van der Waals surface area contributed by atoms with Crippen LogP contribution in [-0.4, -0.2) is 286 Å². The molecule has 31 N–H and O–H groups in total. The molecule has 0 saturated carbocycles. The summed E-state index contributed by atoms with van der Waals surface area (Å²) in [4.78, 5) is 255. The third-order valence-electron chi connectivity index (χ3n) is 18.9. The van der Waals surface area contributed by atoms with Gasteiger partial charge in [-0.3, -0.25) is 91.1 Å². The van der Waals surface area contributed by atoms with Gasteiger partial charge in [0.05, 0.1) is 52.3 Å². The van der Waals surface area contributed by atoms with E-state index in [9.17, 15) is 122 Å². The van der Waals surface area contributed by atoms with E-state index in [1.807, 2.05) is 0 Å². The molecule has 0 aliphatic heterocycles. The lowest BCUT2D eigenvalue weighted by atomic mass is 9.97. The quantitative estimate of drug-likeness (QED) is 0.0233. The van der Waals surface area contributed by atoms with Crippen LogP contribution in [0.1, 0.15) is 109 Å². The summed E-state index contributed by atoms with van der Waals surface area (Å²) in [6.07, 6.45) is -1.74. The monoisotopic (exact) mass is 1750 g/mol. The normalized spacial score (nSPS) is 14.4. The van der Waals surface area contributed by atoms with Gasteiger partial charge in [-0.25, -0.2) is 0 Å². The Balaban J connectivity index is 1.84. The zero-order valence-electron chi connectivity index (χ0n) is 69.2. The van der Waals surface area contributed by atoms with E-state index >= 15 is 0 Å². The van der Waals surface area contributed by atoms with E-state index in [2.05, 4.69) is 85.1 Å². The maximum Gasteiger partial charge on any atom is 0.322 e. The van der Waals surface area contributed by atoms with Gasteiger partial charge in [-0.1, -0.05) is 88.7 Å². The molecule has 0 aliphatic rings. The summed E-state index contributed by atoms with van der Waals surface area (Å²) in [5.74, 6) is -23.0. The second-order valence-corrected chi connectivity index (χ2v) is 29.2. The molecular weight excluding hydrogens is 1630 g/mol. The van der Waals surface area contributed by atoms with E-state index in [1.54, 1.807) is 44.2 Å². The van der Waals surface area contributed by atoms with E-state index in [0.29, 0.717) is 30.4 Å². The first kappa shape index (κ1) is 105. The number of carbonyl (C=O) groups excluding carboxylic acids is 17. The molecule has 684 valence electrons. The molecular formula is C78H116N20O26. The summed E-state index contributed by atoms with van der Waals surface area (Å²) in [5.41, 5.74) is 23.2. The number of carboxylic acids is 2. The first-order chi connectivity index (χ1) is 58.7. The van der Waals surface area contributed by atoms with Crippen LogP contribution in [0.25, 0.3) is 0 Å². The van der Waals surface area contributed by atoms with E-state index in [0.717, 1.165) is 6.92 Å². The molecule has 14 atom stereocenters. The molecule has 0 unspecified atom stereocenters. The van der Waals surface area contributed by atoms with Crippen LogP contribution in [-0.2, 0) is 110 Å². The van der Waals surface area contributed by atoms with Crippen molar-refractivity contribution in [2.45, 2.75) is 190 Å². The summed E-state index contributed by atoms with van der Waals surface area (Å²) in [6.45, 7) is 1.29. The second kappa shape index (κ2) is 55.1. The molecule has 0 spiro atoms. The smallest absolute Gasteiger partial charge is 0.322 e. The molecule has 0 heterocycles. The number of amides is 17. The minimum atomic E-state index is -2.05. The minimum Gasteiger partial charge on any atom is -0.508 e. The molecule has 0 saturated heterocycles. The zero-order chi connectivity index (χ0) is 92.9. The van der Waals surface area contributed by atoms with Gasteiger partial charge in [-0.05, 0) is 111 Å². The number of aliphatic carboxylic acids is 2. The maximum absolute atomic E-state index is 14.8. The standard InChI is InChI=1S/C78H116N20O26/c1-6-41(4)65(97-59(105)33-81)78(124)94-53(31-58(82)104)72(118)95-56(38-100)75(121)91-50(28-43-14-8-7-9-15-43)68(114)84-34-60(106)83-35-61(107)87-55(37-99)74(120)88-49(17-11-13-27-80)69(115)92-52(30-45-20-24-47(103)25-21-45)71(117)93-51(29-44-18-22-46(102)23-19-44)70(116)86-42(5)66(112)90-54(32-62(108)109)73(119)96-57(39-101)76(122)98-64(40(2)3)77(123)89-48(16-10-12-26-79)67(113)85-36-63(110)111/h7-9,14-15,18-25,40-42,48-57,64-65,99-103H,6,10-13,16-17,26-39,79-81H2,1-5H3,(H2,82,104)(H,83,106)(H,84,114)(H,85,113)(H,86,116)(H,87,107)(H,88,120)(H,89,123)(H,90,112)(H,91,121)(H,92,115)(H,93,117)(H,94,124)(H,95,118)(H,96,119)(H,97,105)(H,98,122)(H,108,109)(H,110,111)/t41-,42-,48-,49-,50-,51-,52-,53-,54-,55-,56-,57-,64-,65-/m0/s1. The molecule has 0 bridgehead atoms. The highest BCUT2D eigenvalue weighted by Gasteiger charge is 2.39. The first-order valence-electron chi connectivity index (χ1n) is 39.7. The number of phenolic OH excluding ortho intramolecular Hbond substituents is 2. The number of phenols is 2. The van der Waals surface area contributed by atoms with Gasteiger partial charge < -0.3 is 144 Å². The minimum absolute atomic E-state index is 0.00818. The molecule has 3 rings (SSSR count). The highest BCUT2D eigenvalue weighted by molar-refractivity contribution is 6.01. The number of hydrogen-bond acceptors (Lipinski definition) is 27. The highest BCUT2D eigenvalue weighted by Crippen LogP contribution is 2.17. The molecule has 17 amide bonds. The number of nitrogens with two attached hydrogens (primary N) is 4. The molecule has 0 fully saturated rings. The topological polar surface area (TPSA) is 762 Å². The third-order valence-corrected chi connectivity index (χ3v) is 18.9. The molecule has 3 aromatic carbocycles. The molecule has 3 aromatic rings. The fourth-order valence-corrected chi connectivity index (χ4v) is 11.7. The average molecular weight is 1750 g/mol. The lowest BCUT2D eigenvalue weighted by Gasteiger charge is -2.28. The maximum atomic E-state index is 14.8. The summed E-state index contributed by atoms with van der Waals surface area (Å²) < 4.78 is 0. The van der Waals surface area contributed by atoms with Crippen molar-refractivity contribution in [2.24, 2.45) is 34.8 Å². The Labute approximate surface area is 712 Å². The lowest BCUT2D eigenvalue weighted by Crippen LogP contribution is -2.61. The van der Waals surface area contributed by atoms with Crippen molar-refractivity contribution in [1.82, 2.24) is 85.1 Å². The van der Waals surface area contributed by atoms with Crippen LogP contribution in [0, 0.1) is 11.8 Å². The number of benzene rings is 3. The number of carbonyl (C=O) groups is 19. The number of aliphatic hydroxyl groups is 3. The average Bonchev–Trinajstić information content (AvgIpc) is 0.824. The number of rotatable bonds is 57. The number of unbranched alkanes of at least 4 members (excludes halogenated alkanes) is 2. The van der Waals surface area contributed by atoms with Crippen LogP contribution in [0.4, 0.5) is 0 Å². The molecule has 46 nitrogen and oxygen atoms in total. The lowest BCUT2D eigenvalue weighted by molar-refractivity contribution is -0.142. The van der Waals surface area contributed by atoms with E-state index in [1.165, 1.54) is 62.4 Å². The largest absolute Gasteiger partial charge is 0.508 e. The van der Waals surface area contributed by atoms with Crippen LogP contribution >= 0.6 is 0 Å². The van der Waals surface area contributed by atoms with Crippen LogP contribution in [0.2, 0.25) is 0 Å². The second-order valence-electron chi connectivity index (χ2n) is 29.2. The predicted molar refractivity (Wildman–Crippen MR) is 438 cm³/mol. The molecule has 46 heteroatoms. The fraction of sp³-hybridized carbons (Fsp3) is 0.526. The highest BCUT2D eigenvalue weighted by atomic mass is 16.4. The Morgan fingerprint density at radius 2 is 0.702 bits per heavy atom. The van der Waals surface area contributed by atoms with Gasteiger partial charge in [-0.15, -0.1) is 0 Å². The number of hydrogen-bond donors (Lipinski definition) is 27. The van der Waals surface area contributed by atoms with E-state index in [4.69, 9.17) is 28.0 Å². The van der Waals surface area contributed by atoms with E-state index in [-0.39, 0.29) is 62.3 Å². The van der Waals surface area contributed by atoms with Crippen molar-refractivity contribution < 1.29 is 127 Å². The van der Waals surface area contributed by atoms with Gasteiger partial charge in [0.15, 0.2) is 0 Å². The third kappa shape index (κ3) is 38.4. The number of carboxylic acid groups (broad SMARTS) is 2. The van der Waals surface area contributed by atoms with Gasteiger partial charge in [0.1, 0.15) is 96.6 Å². The predicted octanol–water partition coefficient (Wildman–Crippen LogP) is -9.87. The van der Waals surface area contributed by atoms with Gasteiger partial charge in [0.2, 0.25) is 100 Å². The number of aliphatic hydroxyl groups excluding tert-OH is 3. The summed E-state index contributed by atoms with van der Waals surface area (Å²) in [5, 5.41) is 107. The Morgan fingerprint density at radius 3 is 1.15 bits per heavy atom. The van der Waals surface area contributed by atoms with Crippen molar-refractivity contribution >= 4 is 112 Å². The van der Waals surface area contributed by atoms with E-state index < -0.39 is 274 Å². The molecule has 0 aliphatic carbocycles. The van der Waals surface area contributed by atoms with Crippen molar-refractivity contribution in [2.75, 3.05) is 59.1 Å². The van der Waals surface area contributed by atoms with Crippen molar-refractivity contribution in [1.29, 1.82) is 0 Å². The Bertz CT molecular complexity index is 4130. The molecule has 124 heavy (non-hydrogen) atoms. The van der Waals surface area contributed by atoms with Crippen molar-refractivity contribution in [3.63, 3.8) is 0 Å². The summed E-state index contributed by atoms with van der Waals surface area (Å²) in [6, 6.07) is -3.20. The summed E-state index contributed by atoms with van der Waals surface area (Å²) >= 11 is 0. The van der Waals surface area contributed by atoms with Gasteiger partial charge >= 0.3 is 11.9 Å². The van der Waals surface area contributed by atoms with Crippen molar-refractivity contribution in [3.05, 3.63) is 95.6 Å². The van der Waals surface area contributed by atoms with Crippen molar-refractivity contribution in [3.8, 4) is 11.5 Å². The van der Waals surface area contributed by atoms with Crippen LogP contribution in [0.3, 0.4) is 0 Å². The number of aromatic hydroxyl groups is 2. The SMILES string of the molecule is CC[C@H](C)[C@H](NC(=O)CN)C(=O)N[C@@H](CC(N)=O)C(=O)N[C@@H](CO)C(=O)N[C@@H](Cc1ccccc1)C(=O)NCC(=O)NCC(=O)N[C@@H](CO)C(=O)N[C@@H](CCCCN)C(=O)N[C@@H](Cc1ccc(O)cc1)C(=O)N[C@@H](Cc1ccc(O)cc1)C(=O)N[C@@H](C)C(=O)N[C@@H](CC(=O)O)C(=O)N[C@@H](CO)C(=O)N[C@H](C(=O)N[C@@H](CCCCN)C(=O)NCC(=O)O)C(C)C. The van der Waals surface area contributed by atoms with Crippen LogP contribution in [0.15, 0.2) is 78.9 Å². The van der Waals surface area contributed by atoms with Crippen LogP contribution in [0.5, 0.6) is 11.5 Å². The molecule has 0 radical (unpaired) electrons. The number of nitrogens with one attached hydrogen (secondary N) is 16. The number of primary amides is 1. The zero-order valence-corrected chi connectivity index (χ0v) is 69.2. The fourth-order valence-electron chi connectivity index (χ4n) is 11.7. The first-order valence-corrected chi connectivity index (χ1v) is 39.7. The van der Waals surface area contributed by atoms with Gasteiger partial charge in [-0.2, -0.15) is 0 Å². The van der Waals surface area contributed by atoms with Gasteiger partial charge in [0, 0.05) is 19.3 Å². The summed E-state index contributed by atoms with van der Waals surface area (Å²) in [7, 11) is 0. The van der Waals surface area contributed by atoms with Crippen LogP contribution < -0.4 is 108 Å². The molecule has 0 aromatic heterocycles. The van der Waals surface area contributed by atoms with Gasteiger partial charge in [0.25, 0.3) is 0 Å². The Morgan fingerprint density at radius 1 is 0.339 bits per heavy atom.